The molecule has 1 atom stereocenters. The number of nitrogens with two attached hydrogens (primary N) is 2. The Labute approximate surface area is 263 Å². The second-order valence-electron chi connectivity index (χ2n) is 9.39. The molecule has 13 nitrogen and oxygen atoms in total. The lowest BCUT2D eigenvalue weighted by molar-refractivity contribution is 0.603. The lowest BCUT2D eigenvalue weighted by Gasteiger charge is -2.08. The molecule has 0 radical (unpaired) electrons. The molecular weight excluding hydrogens is 647 g/mol. The number of nitrogens with zero attached hydrogens (tertiary/aromatic N) is 2. The topological polar surface area (TPSA) is 219 Å². The van der Waals surface area contributed by atoms with E-state index >= 15 is 0 Å². The molecule has 5 rings (SSSR count). The SMILES string of the molecule is CS(=O)(=O)Nc1ccc(CC#N)c2ccoc12.CS(=O)(=O)Nc1ccc(CC2=NCCN2)c2ccoc12.NCCS(N)=C=S. The van der Waals surface area contributed by atoms with Crippen LogP contribution in [0.5, 0.6) is 0 Å². The number of aliphatic imine (C=N–C) groups is 1. The fraction of sp³-hybridized carbons (Fsp3) is 0.296. The molecule has 2 aromatic heterocycles. The van der Waals surface area contributed by atoms with Crippen molar-refractivity contribution in [1.82, 2.24) is 5.32 Å². The molecule has 1 aliphatic heterocycles. The van der Waals surface area contributed by atoms with Crippen molar-refractivity contribution in [2.45, 2.75) is 12.8 Å². The zero-order valence-electron chi connectivity index (χ0n) is 24.0. The molecule has 0 amide bonds. The van der Waals surface area contributed by atoms with E-state index in [0.717, 1.165) is 59.1 Å². The number of fused-ring (bicyclic) bond motifs is 2. The monoisotopic (exact) mass is 679 g/mol. The molecule has 236 valence electrons. The van der Waals surface area contributed by atoms with Crippen LogP contribution >= 0.6 is 22.9 Å². The molecule has 0 saturated carbocycles. The highest BCUT2D eigenvalue weighted by Crippen LogP contribution is 2.30. The van der Waals surface area contributed by atoms with E-state index in [2.05, 4.69) is 42.4 Å². The Morgan fingerprint density at radius 1 is 0.977 bits per heavy atom. The Morgan fingerprint density at radius 2 is 1.52 bits per heavy atom. The lowest BCUT2D eigenvalue weighted by Crippen LogP contribution is -2.20. The molecule has 0 aliphatic carbocycles. The van der Waals surface area contributed by atoms with E-state index in [4.69, 9.17) is 25.0 Å². The number of hydrogen-bond acceptors (Lipinski definition) is 12. The van der Waals surface area contributed by atoms with Crippen molar-refractivity contribution in [3.63, 3.8) is 0 Å². The molecule has 2 aromatic carbocycles. The fourth-order valence-electron chi connectivity index (χ4n) is 4.11. The van der Waals surface area contributed by atoms with Gasteiger partial charge in [-0.1, -0.05) is 22.8 Å². The van der Waals surface area contributed by atoms with Crippen molar-refractivity contribution < 1.29 is 25.7 Å². The Hall–Kier alpha value is -3.75. The number of sulfonamides is 2. The van der Waals surface area contributed by atoms with Crippen molar-refractivity contribution in [3.8, 4) is 6.07 Å². The maximum Gasteiger partial charge on any atom is 0.229 e. The van der Waals surface area contributed by atoms with Crippen molar-refractivity contribution in [2.75, 3.05) is 47.3 Å². The molecular formula is C27H33N7O6S4. The highest BCUT2D eigenvalue weighted by molar-refractivity contribution is 8.17. The first-order valence-electron chi connectivity index (χ1n) is 13.0. The summed E-state index contributed by atoms with van der Waals surface area (Å²) >= 11 is 4.42. The van der Waals surface area contributed by atoms with E-state index in [-0.39, 0.29) is 17.1 Å². The number of rotatable bonds is 9. The molecule has 7 N–H and O–H groups in total. The third-order valence-corrected chi connectivity index (χ3v) is 8.53. The third-order valence-electron chi connectivity index (χ3n) is 5.82. The summed E-state index contributed by atoms with van der Waals surface area (Å²) in [5.74, 6) is 1.72. The van der Waals surface area contributed by atoms with Gasteiger partial charge in [0.1, 0.15) is 5.84 Å². The first-order chi connectivity index (χ1) is 20.8. The number of furan rings is 2. The first-order valence-corrected chi connectivity index (χ1v) is 18.6. The fourth-order valence-corrected chi connectivity index (χ4v) is 5.82. The standard InChI is InChI=1S/C13H15N3O3S.C11H10N2O3S.C3H8N2S2/c1-20(17,18)16-11-3-2-9(8-12-14-5-6-15-12)10-4-7-19-13(10)11;1-17(14,15)13-10-3-2-8(4-6-12)9-5-7-16-11(9)10;4-1-2-7(5)3-6/h2-4,7,16H,5-6,8H2,1H3,(H,14,15);2-3,5,7,13H,4H2,1H3;1-2,4-5H2. The molecule has 0 saturated heterocycles. The van der Waals surface area contributed by atoms with Crippen LogP contribution in [0.3, 0.4) is 0 Å². The number of benzene rings is 2. The molecule has 0 bridgehead atoms. The smallest absolute Gasteiger partial charge is 0.229 e. The number of amidine groups is 1. The molecule has 0 spiro atoms. The minimum atomic E-state index is -3.35. The van der Waals surface area contributed by atoms with Crippen LogP contribution in [0, 0.1) is 11.3 Å². The minimum Gasteiger partial charge on any atom is -0.462 e. The summed E-state index contributed by atoms with van der Waals surface area (Å²) in [4.78, 5) is 4.37. The lowest BCUT2D eigenvalue weighted by atomic mass is 10.1. The number of nitriles is 1. The van der Waals surface area contributed by atoms with Crippen LogP contribution in [0.1, 0.15) is 11.1 Å². The zero-order chi connectivity index (χ0) is 32.3. The Balaban J connectivity index is 0.000000201. The minimum absolute atomic E-state index is 0.259. The summed E-state index contributed by atoms with van der Waals surface area (Å²) in [7, 11) is -7.01. The van der Waals surface area contributed by atoms with Crippen LogP contribution in [0.15, 0.2) is 62.8 Å². The second kappa shape index (κ2) is 15.8. The van der Waals surface area contributed by atoms with Gasteiger partial charge in [-0.05, 0) is 51.9 Å². The van der Waals surface area contributed by atoms with Gasteiger partial charge in [0.15, 0.2) is 11.2 Å². The number of anilines is 2. The summed E-state index contributed by atoms with van der Waals surface area (Å²) in [6, 6.07) is 12.5. The molecule has 1 unspecified atom stereocenters. The van der Waals surface area contributed by atoms with Crippen LogP contribution in [0.2, 0.25) is 0 Å². The van der Waals surface area contributed by atoms with Gasteiger partial charge in [0, 0.05) is 36.0 Å². The van der Waals surface area contributed by atoms with Crippen LogP contribution < -0.4 is 25.6 Å². The average Bonchev–Trinajstić information content (AvgIpc) is 3.73. The van der Waals surface area contributed by atoms with Gasteiger partial charge in [0.25, 0.3) is 0 Å². The van der Waals surface area contributed by atoms with E-state index in [0.29, 0.717) is 35.5 Å². The van der Waals surface area contributed by atoms with Gasteiger partial charge in [0.05, 0.1) is 55.4 Å². The normalized spacial score (nSPS) is 13.3. The Bertz CT molecular complexity index is 1950. The van der Waals surface area contributed by atoms with Gasteiger partial charge >= 0.3 is 0 Å². The molecule has 4 aromatic rings. The summed E-state index contributed by atoms with van der Waals surface area (Å²) < 4.78 is 63.0. The van der Waals surface area contributed by atoms with Gasteiger partial charge in [-0.3, -0.25) is 19.6 Å². The Kier molecular flexibility index (Phi) is 12.5. The van der Waals surface area contributed by atoms with E-state index in [1.54, 1.807) is 30.5 Å². The van der Waals surface area contributed by atoms with Crippen molar-refractivity contribution in [1.29, 1.82) is 5.26 Å². The highest BCUT2D eigenvalue weighted by Gasteiger charge is 2.15. The van der Waals surface area contributed by atoms with Crippen LogP contribution in [0.4, 0.5) is 11.4 Å². The first kappa shape index (κ1) is 34.7. The van der Waals surface area contributed by atoms with Crippen molar-refractivity contribution in [3.05, 3.63) is 60.1 Å². The van der Waals surface area contributed by atoms with E-state index in [1.165, 1.54) is 6.26 Å². The van der Waals surface area contributed by atoms with E-state index in [9.17, 15) is 16.8 Å². The van der Waals surface area contributed by atoms with Crippen LogP contribution in [-0.4, -0.2) is 64.9 Å². The molecule has 17 heteroatoms. The highest BCUT2D eigenvalue weighted by atomic mass is 32.2. The van der Waals surface area contributed by atoms with Gasteiger partial charge in [-0.2, -0.15) is 5.26 Å². The summed E-state index contributed by atoms with van der Waals surface area (Å²) in [5.41, 5.74) is 8.85. The second-order valence-corrected chi connectivity index (χ2v) is 14.8. The van der Waals surface area contributed by atoms with Gasteiger partial charge in [-0.15, -0.1) is 0 Å². The number of hydrogen-bond donors (Lipinski definition) is 5. The van der Waals surface area contributed by atoms with E-state index < -0.39 is 20.0 Å². The van der Waals surface area contributed by atoms with Gasteiger partial charge in [-0.25, -0.2) is 16.8 Å². The largest absolute Gasteiger partial charge is 0.462 e. The van der Waals surface area contributed by atoms with Gasteiger partial charge < -0.3 is 19.9 Å². The third kappa shape index (κ3) is 10.5. The number of nitrogens with one attached hydrogen (secondary N) is 3. The maximum atomic E-state index is 11.3. The van der Waals surface area contributed by atoms with Crippen LogP contribution in [0.25, 0.3) is 21.9 Å². The molecule has 44 heavy (non-hydrogen) atoms. The summed E-state index contributed by atoms with van der Waals surface area (Å²) in [6.07, 6.45) is 6.17. The van der Waals surface area contributed by atoms with Crippen LogP contribution in [-0.2, 0) is 32.9 Å². The predicted molar refractivity (Wildman–Crippen MR) is 181 cm³/mol. The average molecular weight is 680 g/mol. The van der Waals surface area contributed by atoms with Crippen molar-refractivity contribution in [2.24, 2.45) is 15.9 Å². The quantitative estimate of drug-likeness (QED) is 0.162. The number of thiocarbonyl (C=S) groups is 1. The molecule has 3 heterocycles. The molecule has 0 fully saturated rings. The summed E-state index contributed by atoms with van der Waals surface area (Å²) in [5, 5.41) is 18.9. The van der Waals surface area contributed by atoms with Crippen molar-refractivity contribution >= 4 is 86.4 Å². The molecule has 1 aliphatic rings. The summed E-state index contributed by atoms with van der Waals surface area (Å²) in [6.45, 7) is 2.28. The Morgan fingerprint density at radius 3 is 1.95 bits per heavy atom. The van der Waals surface area contributed by atoms with Gasteiger partial charge in [0.2, 0.25) is 20.0 Å². The maximum absolute atomic E-state index is 11.3. The van der Waals surface area contributed by atoms with E-state index in [1.807, 2.05) is 12.1 Å². The predicted octanol–water partition coefficient (Wildman–Crippen LogP) is 3.14. The zero-order valence-corrected chi connectivity index (χ0v) is 27.3.